The van der Waals surface area contributed by atoms with Crippen molar-refractivity contribution in [3.05, 3.63) is 0 Å². The number of carbonyl (C=O) groups excluding carboxylic acids is 2. The third-order valence-electron chi connectivity index (χ3n) is 1.85. The van der Waals surface area contributed by atoms with Crippen molar-refractivity contribution in [3.8, 4) is 0 Å². The molecule has 0 saturated carbocycles. The fraction of sp³-hybridized carbons (Fsp3) is 0.800. The van der Waals surface area contributed by atoms with E-state index in [0.29, 0.717) is 6.42 Å². The first-order valence-corrected chi connectivity index (χ1v) is 5.55. The average molecular weight is 270 g/mol. The van der Waals surface area contributed by atoms with E-state index >= 15 is 0 Å². The molecule has 0 unspecified atom stereocenters. The molecule has 2 amide bonds. The van der Waals surface area contributed by atoms with Crippen LogP contribution in [0.5, 0.6) is 0 Å². The highest BCUT2D eigenvalue weighted by Crippen LogP contribution is 2.12. The van der Waals surface area contributed by atoms with Crippen LogP contribution in [0.1, 0.15) is 20.3 Å². The summed E-state index contributed by atoms with van der Waals surface area (Å²) in [6.45, 7) is 1.91. The third kappa shape index (κ3) is 7.75. The summed E-state index contributed by atoms with van der Waals surface area (Å²) in [7, 11) is 0. The first-order chi connectivity index (χ1) is 8.30. The van der Waals surface area contributed by atoms with Gasteiger partial charge in [0.05, 0.1) is 6.61 Å². The van der Waals surface area contributed by atoms with Crippen LogP contribution in [-0.2, 0) is 9.53 Å². The molecule has 0 rings (SSSR count). The maximum absolute atomic E-state index is 11.9. The van der Waals surface area contributed by atoms with Crippen LogP contribution < -0.4 is 5.32 Å². The molecule has 0 radical (unpaired) electrons. The number of esters is 1. The van der Waals surface area contributed by atoms with Crippen LogP contribution >= 0.6 is 0 Å². The van der Waals surface area contributed by atoms with Gasteiger partial charge >= 0.3 is 18.2 Å². The summed E-state index contributed by atoms with van der Waals surface area (Å²) < 4.78 is 40.4. The summed E-state index contributed by atoms with van der Waals surface area (Å²) in [5.74, 6) is -0.645. The number of carbonyl (C=O) groups is 2. The van der Waals surface area contributed by atoms with E-state index in [0.717, 1.165) is 4.90 Å². The largest absolute Gasteiger partial charge is 0.465 e. The van der Waals surface area contributed by atoms with E-state index < -0.39 is 24.7 Å². The molecule has 0 spiro atoms. The normalized spacial score (nSPS) is 10.9. The lowest BCUT2D eigenvalue weighted by Gasteiger charge is -2.21. The van der Waals surface area contributed by atoms with Crippen LogP contribution in [0, 0.1) is 0 Å². The molecular weight excluding hydrogens is 253 g/mol. The maximum atomic E-state index is 11.9. The van der Waals surface area contributed by atoms with Gasteiger partial charge in [0.1, 0.15) is 13.1 Å². The second-order valence-corrected chi connectivity index (χ2v) is 3.50. The zero-order valence-corrected chi connectivity index (χ0v) is 10.3. The Balaban J connectivity index is 4.31. The molecule has 18 heavy (non-hydrogen) atoms. The lowest BCUT2D eigenvalue weighted by atomic mass is 10.4. The number of urea groups is 1. The molecule has 8 heteroatoms. The summed E-state index contributed by atoms with van der Waals surface area (Å²) in [4.78, 5) is 23.6. The van der Waals surface area contributed by atoms with Crippen LogP contribution in [0.4, 0.5) is 18.0 Å². The minimum Gasteiger partial charge on any atom is -0.465 e. The number of rotatable bonds is 6. The summed E-state index contributed by atoms with van der Waals surface area (Å²) >= 11 is 0. The van der Waals surface area contributed by atoms with Crippen LogP contribution in [-0.4, -0.2) is 49.3 Å². The Hall–Kier alpha value is -1.47. The summed E-state index contributed by atoms with van der Waals surface area (Å²) in [6.07, 6.45) is -3.95. The third-order valence-corrected chi connectivity index (χ3v) is 1.85. The second-order valence-electron chi connectivity index (χ2n) is 3.50. The standard InChI is InChI=1S/C10H17F3N2O3/c1-3-5-15(6-8(16)18-4-2)9(17)14-7-10(11,12)13/h3-7H2,1-2H3,(H,14,17). The topological polar surface area (TPSA) is 58.6 Å². The minimum absolute atomic E-state index is 0.156. The number of nitrogens with zero attached hydrogens (tertiary/aromatic N) is 1. The molecule has 0 aromatic heterocycles. The molecule has 0 aliphatic heterocycles. The minimum atomic E-state index is -4.47. The van der Waals surface area contributed by atoms with Crippen molar-refractivity contribution in [1.29, 1.82) is 0 Å². The molecule has 0 aliphatic rings. The number of hydrogen-bond donors (Lipinski definition) is 1. The summed E-state index contributed by atoms with van der Waals surface area (Å²) in [6, 6.07) is -0.928. The molecule has 0 aromatic rings. The second kappa shape index (κ2) is 7.78. The Morgan fingerprint density at radius 1 is 1.28 bits per heavy atom. The monoisotopic (exact) mass is 270 g/mol. The molecule has 106 valence electrons. The van der Waals surface area contributed by atoms with E-state index in [1.807, 2.05) is 0 Å². The Morgan fingerprint density at radius 2 is 1.89 bits per heavy atom. The molecule has 0 aromatic carbocycles. The van der Waals surface area contributed by atoms with Gasteiger partial charge in [-0.3, -0.25) is 4.79 Å². The van der Waals surface area contributed by atoms with Crippen molar-refractivity contribution >= 4 is 12.0 Å². The van der Waals surface area contributed by atoms with Crippen molar-refractivity contribution in [2.24, 2.45) is 0 Å². The Kier molecular flexibility index (Phi) is 7.14. The van der Waals surface area contributed by atoms with Crippen molar-refractivity contribution in [2.75, 3.05) is 26.2 Å². The van der Waals surface area contributed by atoms with E-state index in [4.69, 9.17) is 0 Å². The fourth-order valence-corrected chi connectivity index (χ4v) is 1.17. The van der Waals surface area contributed by atoms with Gasteiger partial charge in [-0.05, 0) is 13.3 Å². The summed E-state index contributed by atoms with van der Waals surface area (Å²) in [5.41, 5.74) is 0. The van der Waals surface area contributed by atoms with Gasteiger partial charge in [0.15, 0.2) is 0 Å². The van der Waals surface area contributed by atoms with Crippen molar-refractivity contribution < 1.29 is 27.5 Å². The maximum Gasteiger partial charge on any atom is 0.405 e. The molecule has 0 fully saturated rings. The van der Waals surface area contributed by atoms with Gasteiger partial charge in [0, 0.05) is 6.54 Å². The number of ether oxygens (including phenoxy) is 1. The number of amides is 2. The first kappa shape index (κ1) is 16.5. The Labute approximate surface area is 103 Å². The Morgan fingerprint density at radius 3 is 2.33 bits per heavy atom. The van der Waals surface area contributed by atoms with Gasteiger partial charge < -0.3 is 15.0 Å². The molecule has 0 bridgehead atoms. The van der Waals surface area contributed by atoms with Crippen molar-refractivity contribution in [3.63, 3.8) is 0 Å². The average Bonchev–Trinajstić information content (AvgIpc) is 2.24. The smallest absolute Gasteiger partial charge is 0.405 e. The molecule has 0 atom stereocenters. The van der Waals surface area contributed by atoms with Crippen LogP contribution in [0.3, 0.4) is 0 Å². The molecule has 0 aliphatic carbocycles. The highest BCUT2D eigenvalue weighted by Gasteiger charge is 2.29. The number of nitrogens with one attached hydrogen (secondary N) is 1. The molecule has 5 nitrogen and oxygen atoms in total. The number of hydrogen-bond acceptors (Lipinski definition) is 3. The highest BCUT2D eigenvalue weighted by atomic mass is 19.4. The highest BCUT2D eigenvalue weighted by molar-refractivity contribution is 5.80. The predicted octanol–water partition coefficient (Wildman–Crippen LogP) is 1.53. The molecular formula is C10H17F3N2O3. The number of alkyl halides is 3. The summed E-state index contributed by atoms with van der Waals surface area (Å²) in [5, 5.41) is 1.71. The van der Waals surface area contributed by atoms with E-state index in [1.165, 1.54) is 0 Å². The Bertz CT molecular complexity index is 282. The van der Waals surface area contributed by atoms with Gasteiger partial charge in [-0.25, -0.2) is 4.79 Å². The van der Waals surface area contributed by atoms with E-state index in [2.05, 4.69) is 4.74 Å². The van der Waals surface area contributed by atoms with Gasteiger partial charge in [0.2, 0.25) is 0 Å². The molecule has 0 heterocycles. The SMILES string of the molecule is CCCN(CC(=O)OCC)C(=O)NCC(F)(F)F. The van der Waals surface area contributed by atoms with E-state index in [-0.39, 0.29) is 19.7 Å². The fourth-order valence-electron chi connectivity index (χ4n) is 1.17. The first-order valence-electron chi connectivity index (χ1n) is 5.55. The van der Waals surface area contributed by atoms with Gasteiger partial charge in [0.25, 0.3) is 0 Å². The number of halogens is 3. The zero-order valence-electron chi connectivity index (χ0n) is 10.3. The lowest BCUT2D eigenvalue weighted by Crippen LogP contribution is -2.46. The van der Waals surface area contributed by atoms with Gasteiger partial charge in [-0.2, -0.15) is 13.2 Å². The quantitative estimate of drug-likeness (QED) is 0.745. The van der Waals surface area contributed by atoms with Gasteiger partial charge in [-0.1, -0.05) is 6.92 Å². The van der Waals surface area contributed by atoms with Crippen molar-refractivity contribution in [2.45, 2.75) is 26.4 Å². The predicted molar refractivity (Wildman–Crippen MR) is 58.0 cm³/mol. The van der Waals surface area contributed by atoms with Crippen LogP contribution in [0.2, 0.25) is 0 Å². The van der Waals surface area contributed by atoms with Crippen LogP contribution in [0.25, 0.3) is 0 Å². The van der Waals surface area contributed by atoms with E-state index in [1.54, 1.807) is 19.2 Å². The lowest BCUT2D eigenvalue weighted by molar-refractivity contribution is -0.143. The molecule has 1 N–H and O–H groups in total. The van der Waals surface area contributed by atoms with Crippen LogP contribution in [0.15, 0.2) is 0 Å². The van der Waals surface area contributed by atoms with Gasteiger partial charge in [-0.15, -0.1) is 0 Å². The molecule has 0 saturated heterocycles. The van der Waals surface area contributed by atoms with Crippen molar-refractivity contribution in [1.82, 2.24) is 10.2 Å². The van der Waals surface area contributed by atoms with E-state index in [9.17, 15) is 22.8 Å². The zero-order chi connectivity index (χ0) is 14.2.